The number of nitrogens with one attached hydrogen (secondary N) is 1. The Morgan fingerprint density at radius 3 is 2.65 bits per heavy atom. The molecule has 0 bridgehead atoms. The average molecular weight is 235 g/mol. The number of hydrogen-bond donors (Lipinski definition) is 1. The third-order valence-electron chi connectivity index (χ3n) is 3.71. The Labute approximate surface area is 103 Å². The Bertz CT molecular complexity index is 386. The summed E-state index contributed by atoms with van der Waals surface area (Å²) in [6, 6.07) is 4.62. The van der Waals surface area contributed by atoms with Gasteiger partial charge in [-0.25, -0.2) is 0 Å². The quantitative estimate of drug-likeness (QED) is 0.873. The summed E-state index contributed by atoms with van der Waals surface area (Å²) in [5.74, 6) is 2.29. The Kier molecular flexibility index (Phi) is 3.57. The van der Waals surface area contributed by atoms with E-state index in [-0.39, 0.29) is 0 Å². The minimum Gasteiger partial charge on any atom is -0.497 e. The second-order valence-corrected chi connectivity index (χ2v) is 4.59. The van der Waals surface area contributed by atoms with Gasteiger partial charge in [0.05, 0.1) is 14.2 Å². The third kappa shape index (κ3) is 2.12. The largest absolute Gasteiger partial charge is 0.497 e. The minimum absolute atomic E-state index is 0.476. The molecule has 0 saturated heterocycles. The standard InChI is InChI=1S/C14H21NO2/c1-5-12-9(2)14-10(8-15-12)6-11(16-3)7-13(14)17-4/h6-7,9,12,15H,5,8H2,1-4H3. The van der Waals surface area contributed by atoms with Crippen molar-refractivity contribution >= 4 is 0 Å². The van der Waals surface area contributed by atoms with Gasteiger partial charge in [-0.05, 0) is 18.1 Å². The lowest BCUT2D eigenvalue weighted by atomic mass is 9.84. The monoisotopic (exact) mass is 235 g/mol. The van der Waals surface area contributed by atoms with Crippen LogP contribution in [-0.4, -0.2) is 20.3 Å². The fourth-order valence-electron chi connectivity index (χ4n) is 2.72. The molecule has 1 aromatic rings. The predicted molar refractivity (Wildman–Crippen MR) is 68.9 cm³/mol. The second kappa shape index (κ2) is 4.96. The van der Waals surface area contributed by atoms with Crippen molar-refractivity contribution in [3.8, 4) is 11.5 Å². The highest BCUT2D eigenvalue weighted by Gasteiger charge is 2.28. The van der Waals surface area contributed by atoms with Gasteiger partial charge in [-0.3, -0.25) is 0 Å². The third-order valence-corrected chi connectivity index (χ3v) is 3.71. The number of ether oxygens (including phenoxy) is 2. The number of methoxy groups -OCH3 is 2. The Hall–Kier alpha value is -1.22. The fourth-order valence-corrected chi connectivity index (χ4v) is 2.72. The first kappa shape index (κ1) is 12.2. The van der Waals surface area contributed by atoms with Gasteiger partial charge in [0.2, 0.25) is 0 Å². The van der Waals surface area contributed by atoms with E-state index in [1.165, 1.54) is 11.1 Å². The molecule has 0 spiro atoms. The van der Waals surface area contributed by atoms with Crippen molar-refractivity contribution in [1.29, 1.82) is 0 Å². The van der Waals surface area contributed by atoms with Crippen molar-refractivity contribution in [3.05, 3.63) is 23.3 Å². The lowest BCUT2D eigenvalue weighted by molar-refractivity contribution is 0.361. The lowest BCUT2D eigenvalue weighted by Gasteiger charge is -2.33. The SMILES string of the molecule is CCC1NCc2cc(OC)cc(OC)c2C1C. The molecule has 0 radical (unpaired) electrons. The van der Waals surface area contributed by atoms with Crippen LogP contribution in [0.2, 0.25) is 0 Å². The highest BCUT2D eigenvalue weighted by Crippen LogP contribution is 2.38. The van der Waals surface area contributed by atoms with E-state index in [0.717, 1.165) is 24.5 Å². The highest BCUT2D eigenvalue weighted by molar-refractivity contribution is 5.50. The van der Waals surface area contributed by atoms with Crippen LogP contribution in [0.5, 0.6) is 11.5 Å². The lowest BCUT2D eigenvalue weighted by Crippen LogP contribution is -2.37. The van der Waals surface area contributed by atoms with E-state index in [0.29, 0.717) is 12.0 Å². The maximum atomic E-state index is 5.51. The molecule has 0 amide bonds. The molecular formula is C14H21NO2. The van der Waals surface area contributed by atoms with Gasteiger partial charge in [0.15, 0.2) is 0 Å². The van der Waals surface area contributed by atoms with Gasteiger partial charge >= 0.3 is 0 Å². The summed E-state index contributed by atoms with van der Waals surface area (Å²) in [7, 11) is 3.42. The first-order valence-electron chi connectivity index (χ1n) is 6.19. The average Bonchev–Trinajstić information content (AvgIpc) is 2.37. The topological polar surface area (TPSA) is 30.5 Å². The zero-order valence-corrected chi connectivity index (χ0v) is 11.0. The molecule has 3 heteroatoms. The van der Waals surface area contributed by atoms with E-state index in [2.05, 4.69) is 25.2 Å². The van der Waals surface area contributed by atoms with Gasteiger partial charge < -0.3 is 14.8 Å². The van der Waals surface area contributed by atoms with Crippen molar-refractivity contribution in [2.75, 3.05) is 14.2 Å². The number of benzene rings is 1. The molecule has 2 atom stereocenters. The van der Waals surface area contributed by atoms with Gasteiger partial charge in [0, 0.05) is 30.1 Å². The molecule has 94 valence electrons. The summed E-state index contributed by atoms with van der Waals surface area (Å²) in [5.41, 5.74) is 2.62. The van der Waals surface area contributed by atoms with Gasteiger partial charge in [-0.15, -0.1) is 0 Å². The summed E-state index contributed by atoms with van der Waals surface area (Å²) < 4.78 is 10.8. The molecule has 3 nitrogen and oxygen atoms in total. The maximum Gasteiger partial charge on any atom is 0.126 e. The Morgan fingerprint density at radius 1 is 1.29 bits per heavy atom. The summed E-state index contributed by atoms with van der Waals surface area (Å²) in [6.07, 6.45) is 1.13. The minimum atomic E-state index is 0.476. The molecule has 2 unspecified atom stereocenters. The summed E-state index contributed by atoms with van der Waals surface area (Å²) in [4.78, 5) is 0. The number of hydrogen-bond acceptors (Lipinski definition) is 3. The summed E-state index contributed by atoms with van der Waals surface area (Å²) >= 11 is 0. The van der Waals surface area contributed by atoms with Crippen molar-refractivity contribution < 1.29 is 9.47 Å². The molecule has 1 aliphatic heterocycles. The molecule has 1 aromatic carbocycles. The van der Waals surface area contributed by atoms with Crippen molar-refractivity contribution in [2.24, 2.45) is 0 Å². The molecule has 1 heterocycles. The van der Waals surface area contributed by atoms with Crippen LogP contribution in [-0.2, 0) is 6.54 Å². The number of fused-ring (bicyclic) bond motifs is 1. The van der Waals surface area contributed by atoms with Gasteiger partial charge in [0.25, 0.3) is 0 Å². The summed E-state index contributed by atoms with van der Waals surface area (Å²) in [6.45, 7) is 5.37. The van der Waals surface area contributed by atoms with Crippen LogP contribution in [0, 0.1) is 0 Å². The van der Waals surface area contributed by atoms with Crippen LogP contribution in [0.15, 0.2) is 12.1 Å². The molecule has 0 saturated carbocycles. The van der Waals surface area contributed by atoms with Gasteiger partial charge in [-0.2, -0.15) is 0 Å². The van der Waals surface area contributed by atoms with E-state index in [4.69, 9.17) is 9.47 Å². The van der Waals surface area contributed by atoms with Crippen LogP contribution < -0.4 is 14.8 Å². The first-order valence-corrected chi connectivity index (χ1v) is 6.19. The van der Waals surface area contributed by atoms with Crippen molar-refractivity contribution in [2.45, 2.75) is 38.8 Å². The first-order chi connectivity index (χ1) is 8.21. The molecule has 1 aliphatic rings. The molecule has 0 aromatic heterocycles. The van der Waals surface area contributed by atoms with Gasteiger partial charge in [0.1, 0.15) is 11.5 Å². The van der Waals surface area contributed by atoms with E-state index in [9.17, 15) is 0 Å². The molecule has 1 N–H and O–H groups in total. The highest BCUT2D eigenvalue weighted by atomic mass is 16.5. The molecule has 0 aliphatic carbocycles. The van der Waals surface area contributed by atoms with Crippen LogP contribution in [0.1, 0.15) is 37.3 Å². The van der Waals surface area contributed by atoms with E-state index < -0.39 is 0 Å². The number of rotatable bonds is 3. The second-order valence-electron chi connectivity index (χ2n) is 4.59. The van der Waals surface area contributed by atoms with E-state index in [1.54, 1.807) is 14.2 Å². The smallest absolute Gasteiger partial charge is 0.126 e. The van der Waals surface area contributed by atoms with Crippen LogP contribution in [0.3, 0.4) is 0 Å². The predicted octanol–water partition coefficient (Wildman–Crippen LogP) is 2.69. The van der Waals surface area contributed by atoms with Crippen LogP contribution >= 0.6 is 0 Å². The summed E-state index contributed by atoms with van der Waals surface area (Å²) in [5, 5.41) is 3.57. The normalized spacial score (nSPS) is 23.1. The maximum absolute atomic E-state index is 5.51. The van der Waals surface area contributed by atoms with Crippen molar-refractivity contribution in [1.82, 2.24) is 5.32 Å². The Balaban J connectivity index is 2.47. The van der Waals surface area contributed by atoms with Gasteiger partial charge in [-0.1, -0.05) is 13.8 Å². The van der Waals surface area contributed by atoms with Crippen LogP contribution in [0.25, 0.3) is 0 Å². The molecule has 0 fully saturated rings. The molecule has 17 heavy (non-hydrogen) atoms. The zero-order chi connectivity index (χ0) is 12.4. The zero-order valence-electron chi connectivity index (χ0n) is 11.0. The van der Waals surface area contributed by atoms with Crippen molar-refractivity contribution in [3.63, 3.8) is 0 Å². The molecular weight excluding hydrogens is 214 g/mol. The van der Waals surface area contributed by atoms with E-state index >= 15 is 0 Å². The Morgan fingerprint density at radius 2 is 2.06 bits per heavy atom. The van der Waals surface area contributed by atoms with Crippen LogP contribution in [0.4, 0.5) is 0 Å². The van der Waals surface area contributed by atoms with E-state index in [1.807, 2.05) is 6.07 Å². The fraction of sp³-hybridized carbons (Fsp3) is 0.571. The molecule has 2 rings (SSSR count).